The third kappa shape index (κ3) is 7.55. The zero-order valence-electron chi connectivity index (χ0n) is 28.4. The molecular weight excluding hydrogens is 647 g/mol. The molecule has 0 amide bonds. The van der Waals surface area contributed by atoms with Crippen LogP contribution in [0.15, 0.2) is 127 Å². The van der Waals surface area contributed by atoms with Gasteiger partial charge >= 0.3 is 0 Å². The summed E-state index contributed by atoms with van der Waals surface area (Å²) in [6, 6.07) is 35.1. The normalized spacial score (nSPS) is 10.7. The molecule has 0 saturated carbocycles. The molecule has 6 aromatic carbocycles. The summed E-state index contributed by atoms with van der Waals surface area (Å²) in [6.45, 7) is 0. The van der Waals surface area contributed by atoms with Gasteiger partial charge in [-0.1, -0.05) is 48.5 Å². The number of ketones is 3. The van der Waals surface area contributed by atoms with Crippen molar-refractivity contribution < 1.29 is 37.7 Å². The van der Waals surface area contributed by atoms with Gasteiger partial charge in [-0.05, 0) is 89.0 Å². The highest BCUT2D eigenvalue weighted by Gasteiger charge is 2.17. The first-order chi connectivity index (χ1) is 24.7. The summed E-state index contributed by atoms with van der Waals surface area (Å²) in [6.07, 6.45) is 0. The van der Waals surface area contributed by atoms with Crippen molar-refractivity contribution in [3.63, 3.8) is 0 Å². The first-order valence-corrected chi connectivity index (χ1v) is 15.9. The summed E-state index contributed by atoms with van der Waals surface area (Å²) in [4.78, 5) is 40.5. The fraction of sp³-hybridized carbons (Fsp3) is 0.0930. The Labute approximate surface area is 294 Å². The topological polar surface area (TPSA) is 88.1 Å². The Balaban J connectivity index is 1.36. The molecule has 0 spiro atoms. The Morgan fingerprint density at radius 3 is 0.961 bits per heavy atom. The minimum atomic E-state index is -0.440. The van der Waals surface area contributed by atoms with Gasteiger partial charge in [0.15, 0.2) is 17.3 Å². The second-order valence-electron chi connectivity index (χ2n) is 11.7. The molecule has 7 nitrogen and oxygen atoms in total. The lowest BCUT2D eigenvalue weighted by Gasteiger charge is -2.12. The van der Waals surface area contributed by atoms with Crippen molar-refractivity contribution in [3.8, 4) is 45.3 Å². The molecule has 0 aliphatic carbocycles. The van der Waals surface area contributed by atoms with Crippen LogP contribution in [-0.4, -0.2) is 45.8 Å². The Bertz CT molecular complexity index is 2070. The number of halogens is 1. The molecule has 51 heavy (non-hydrogen) atoms. The molecule has 0 radical (unpaired) electrons. The average molecular weight is 681 g/mol. The lowest BCUT2D eigenvalue weighted by atomic mass is 9.91. The van der Waals surface area contributed by atoms with Crippen LogP contribution in [0, 0.1) is 5.82 Å². The van der Waals surface area contributed by atoms with E-state index in [1.54, 1.807) is 72.8 Å². The predicted octanol–water partition coefficient (Wildman–Crippen LogP) is 8.89. The first-order valence-electron chi connectivity index (χ1n) is 15.9. The van der Waals surface area contributed by atoms with Crippen molar-refractivity contribution in [3.05, 3.63) is 167 Å². The molecule has 6 rings (SSSR count). The van der Waals surface area contributed by atoms with Gasteiger partial charge in [0.2, 0.25) is 0 Å². The highest BCUT2D eigenvalue weighted by atomic mass is 19.1. The van der Waals surface area contributed by atoms with Crippen molar-refractivity contribution in [2.24, 2.45) is 0 Å². The van der Waals surface area contributed by atoms with E-state index in [0.717, 1.165) is 22.3 Å². The van der Waals surface area contributed by atoms with E-state index in [2.05, 4.69) is 0 Å². The van der Waals surface area contributed by atoms with Crippen LogP contribution in [0.3, 0.4) is 0 Å². The smallest absolute Gasteiger partial charge is 0.193 e. The third-order valence-corrected chi connectivity index (χ3v) is 8.49. The molecule has 6 aromatic rings. The predicted molar refractivity (Wildman–Crippen MR) is 193 cm³/mol. The van der Waals surface area contributed by atoms with Gasteiger partial charge < -0.3 is 18.9 Å². The number of benzene rings is 6. The molecular formula is C43H33FO7. The number of carbonyl (C=O) groups is 3. The number of hydrogen-bond donors (Lipinski definition) is 0. The van der Waals surface area contributed by atoms with Crippen LogP contribution in [0.2, 0.25) is 0 Å². The van der Waals surface area contributed by atoms with Gasteiger partial charge in [0.05, 0.1) is 28.4 Å². The minimum Gasteiger partial charge on any atom is -0.497 e. The maximum absolute atomic E-state index is 13.7. The van der Waals surface area contributed by atoms with Crippen LogP contribution in [0.4, 0.5) is 4.39 Å². The minimum absolute atomic E-state index is 0.207. The molecule has 254 valence electrons. The zero-order valence-corrected chi connectivity index (χ0v) is 28.4. The second-order valence-corrected chi connectivity index (χ2v) is 11.7. The van der Waals surface area contributed by atoms with Crippen LogP contribution < -0.4 is 18.9 Å². The Morgan fingerprint density at radius 2 is 0.647 bits per heavy atom. The van der Waals surface area contributed by atoms with Gasteiger partial charge in [0, 0.05) is 45.5 Å². The van der Waals surface area contributed by atoms with Crippen LogP contribution in [0.5, 0.6) is 23.0 Å². The van der Waals surface area contributed by atoms with Gasteiger partial charge in [-0.15, -0.1) is 0 Å². The average Bonchev–Trinajstić information content (AvgIpc) is 3.19. The second kappa shape index (κ2) is 14.9. The lowest BCUT2D eigenvalue weighted by Crippen LogP contribution is -2.04. The highest BCUT2D eigenvalue weighted by Crippen LogP contribution is 2.32. The fourth-order valence-corrected chi connectivity index (χ4v) is 5.70. The van der Waals surface area contributed by atoms with Gasteiger partial charge in [0.1, 0.15) is 28.8 Å². The van der Waals surface area contributed by atoms with Gasteiger partial charge in [0.25, 0.3) is 0 Å². The number of ether oxygens (including phenoxy) is 4. The standard InChI is InChI=1S/C43H33FO7/c1-48-37-20-34(21-38(24-37)49-2)42(46)28-9-5-26(6-10-28)31-17-32(19-33(18-31)41(45)30-13-15-36(44)16-14-30)27-7-11-29(12-8-27)43(47)35-22-39(50-3)25-40(23-35)51-4/h5-25H,1-4H3. The van der Waals surface area contributed by atoms with Crippen molar-refractivity contribution in [1.82, 2.24) is 0 Å². The third-order valence-electron chi connectivity index (χ3n) is 8.49. The molecule has 0 heterocycles. The molecule has 0 saturated heterocycles. The van der Waals surface area contributed by atoms with Crippen molar-refractivity contribution in [2.45, 2.75) is 0 Å². The number of hydrogen-bond acceptors (Lipinski definition) is 7. The van der Waals surface area contributed by atoms with E-state index in [-0.39, 0.29) is 17.3 Å². The first kappa shape index (κ1) is 34.3. The zero-order chi connectivity index (χ0) is 36.1. The molecule has 0 N–H and O–H groups in total. The Morgan fingerprint density at radius 1 is 0.353 bits per heavy atom. The van der Waals surface area contributed by atoms with E-state index in [4.69, 9.17) is 18.9 Å². The van der Waals surface area contributed by atoms with E-state index in [1.165, 1.54) is 52.7 Å². The molecule has 0 aromatic heterocycles. The molecule has 8 heteroatoms. The van der Waals surface area contributed by atoms with Gasteiger partial charge in [-0.2, -0.15) is 0 Å². The maximum atomic E-state index is 13.7. The van der Waals surface area contributed by atoms with Gasteiger partial charge in [-0.3, -0.25) is 14.4 Å². The van der Waals surface area contributed by atoms with Crippen LogP contribution in [-0.2, 0) is 0 Å². The maximum Gasteiger partial charge on any atom is 0.193 e. The molecule has 0 aliphatic heterocycles. The highest BCUT2D eigenvalue weighted by molar-refractivity contribution is 6.11. The van der Waals surface area contributed by atoms with Crippen molar-refractivity contribution >= 4 is 17.3 Å². The monoisotopic (exact) mass is 680 g/mol. The van der Waals surface area contributed by atoms with Crippen molar-refractivity contribution in [2.75, 3.05) is 28.4 Å². The lowest BCUT2D eigenvalue weighted by molar-refractivity contribution is 0.103. The van der Waals surface area contributed by atoms with Crippen LogP contribution in [0.1, 0.15) is 47.8 Å². The summed E-state index contributed by atoms with van der Waals surface area (Å²) in [5.41, 5.74) is 5.47. The van der Waals surface area contributed by atoms with Crippen LogP contribution >= 0.6 is 0 Å². The molecule has 0 aliphatic rings. The van der Waals surface area contributed by atoms with E-state index >= 15 is 0 Å². The molecule has 0 atom stereocenters. The van der Waals surface area contributed by atoms with E-state index in [9.17, 15) is 18.8 Å². The molecule has 0 unspecified atom stereocenters. The van der Waals surface area contributed by atoms with E-state index in [0.29, 0.717) is 56.4 Å². The molecule has 0 fully saturated rings. The van der Waals surface area contributed by atoms with Crippen LogP contribution in [0.25, 0.3) is 22.3 Å². The Kier molecular flexibility index (Phi) is 10.0. The molecule has 0 bridgehead atoms. The SMILES string of the molecule is COc1cc(OC)cc(C(=O)c2ccc(-c3cc(C(=O)c4ccc(F)cc4)cc(-c4ccc(C(=O)c5cc(OC)cc(OC)c5)cc4)c3)cc2)c1. The number of carbonyl (C=O) groups excluding carboxylic acids is 3. The summed E-state index contributed by atoms with van der Waals surface area (Å²) in [5, 5.41) is 0. The summed E-state index contributed by atoms with van der Waals surface area (Å²) < 4.78 is 35.0. The van der Waals surface area contributed by atoms with E-state index < -0.39 is 5.82 Å². The van der Waals surface area contributed by atoms with Gasteiger partial charge in [-0.25, -0.2) is 4.39 Å². The largest absolute Gasteiger partial charge is 0.497 e. The number of methoxy groups -OCH3 is 4. The summed E-state index contributed by atoms with van der Waals surface area (Å²) in [5.74, 6) is 0.874. The summed E-state index contributed by atoms with van der Waals surface area (Å²) in [7, 11) is 6.09. The Hall–Kier alpha value is -6.54. The fourth-order valence-electron chi connectivity index (χ4n) is 5.70. The van der Waals surface area contributed by atoms with Crippen molar-refractivity contribution in [1.29, 1.82) is 0 Å². The summed E-state index contributed by atoms with van der Waals surface area (Å²) >= 11 is 0. The quantitative estimate of drug-likeness (QED) is 0.119. The number of rotatable bonds is 12. The van der Waals surface area contributed by atoms with E-state index in [1.807, 2.05) is 30.3 Å².